The van der Waals surface area contributed by atoms with Crippen molar-refractivity contribution < 1.29 is 9.53 Å². The number of piperidine rings is 1. The third kappa shape index (κ3) is 5.74. The lowest BCUT2D eigenvalue weighted by molar-refractivity contribution is -0.132. The van der Waals surface area contributed by atoms with Gasteiger partial charge in [-0.1, -0.05) is 32.1 Å². The zero-order chi connectivity index (χ0) is 19.1. The largest absolute Gasteiger partial charge is 0.377 e. The number of nitrogens with zero attached hydrogens (tertiary/aromatic N) is 3. The zero-order valence-electron chi connectivity index (χ0n) is 17.1. The Hall–Kier alpha value is -1.49. The fraction of sp³-hybridized carbons (Fsp3) is 0.773. The van der Waals surface area contributed by atoms with Crippen molar-refractivity contribution in [2.24, 2.45) is 5.92 Å². The first kappa shape index (κ1) is 20.2. The molecule has 0 spiro atoms. The van der Waals surface area contributed by atoms with E-state index in [1.165, 1.54) is 32.1 Å². The number of carbonyl (C=O) groups is 1. The molecule has 1 aromatic rings. The van der Waals surface area contributed by atoms with E-state index in [4.69, 9.17) is 9.72 Å². The van der Waals surface area contributed by atoms with Crippen LogP contribution in [0, 0.1) is 12.8 Å². The van der Waals surface area contributed by atoms with E-state index in [-0.39, 0.29) is 0 Å². The molecule has 150 valence electrons. The van der Waals surface area contributed by atoms with E-state index >= 15 is 0 Å². The number of rotatable bonds is 7. The van der Waals surface area contributed by atoms with E-state index < -0.39 is 0 Å². The van der Waals surface area contributed by atoms with Gasteiger partial charge in [-0.3, -0.25) is 4.79 Å². The van der Waals surface area contributed by atoms with Gasteiger partial charge in [0.15, 0.2) is 0 Å². The van der Waals surface area contributed by atoms with Crippen LogP contribution < -0.4 is 0 Å². The predicted molar refractivity (Wildman–Crippen MR) is 106 cm³/mol. The number of aromatic nitrogens is 2. The van der Waals surface area contributed by atoms with E-state index in [0.717, 1.165) is 61.8 Å². The monoisotopic (exact) mass is 373 g/mol. The quantitative estimate of drug-likeness (QED) is 0.711. The fourth-order valence-corrected chi connectivity index (χ4v) is 4.55. The molecule has 1 amide bonds. The summed E-state index contributed by atoms with van der Waals surface area (Å²) in [7, 11) is 0. The summed E-state index contributed by atoms with van der Waals surface area (Å²) in [6.07, 6.45) is 12.4. The molecule has 2 heterocycles. The number of ether oxygens (including phenoxy) is 1. The molecule has 5 heteroatoms. The van der Waals surface area contributed by atoms with Crippen molar-refractivity contribution in [3.8, 4) is 0 Å². The molecule has 1 saturated carbocycles. The highest BCUT2D eigenvalue weighted by atomic mass is 16.5. The molecule has 0 bridgehead atoms. The minimum absolute atomic E-state index is 0.354. The SMILES string of the molecule is CCOCc1cnc(C)nc1C1CCN(C(=O)CCC2CCCCC2)CC1. The van der Waals surface area contributed by atoms with Gasteiger partial charge in [0.1, 0.15) is 5.82 Å². The molecule has 0 atom stereocenters. The van der Waals surface area contributed by atoms with Gasteiger partial charge in [-0.25, -0.2) is 9.97 Å². The van der Waals surface area contributed by atoms with Gasteiger partial charge < -0.3 is 9.64 Å². The first-order chi connectivity index (χ1) is 13.2. The van der Waals surface area contributed by atoms with Crippen LogP contribution in [0.15, 0.2) is 6.20 Å². The second-order valence-electron chi connectivity index (χ2n) is 8.16. The highest BCUT2D eigenvalue weighted by Gasteiger charge is 2.27. The minimum Gasteiger partial charge on any atom is -0.377 e. The predicted octanol–water partition coefficient (Wildman–Crippen LogP) is 4.39. The molecule has 0 unspecified atom stereocenters. The van der Waals surface area contributed by atoms with Gasteiger partial charge in [0, 0.05) is 43.8 Å². The third-order valence-electron chi connectivity index (χ3n) is 6.21. The zero-order valence-corrected chi connectivity index (χ0v) is 17.1. The number of amides is 1. The van der Waals surface area contributed by atoms with Crippen molar-refractivity contribution in [3.05, 3.63) is 23.3 Å². The van der Waals surface area contributed by atoms with Crippen LogP contribution in [0.25, 0.3) is 0 Å². The Bertz CT molecular complexity index is 606. The van der Waals surface area contributed by atoms with Crippen molar-refractivity contribution in [3.63, 3.8) is 0 Å². The molecule has 1 aromatic heterocycles. The Labute approximate surface area is 163 Å². The number of carbonyl (C=O) groups excluding carboxylic acids is 1. The maximum Gasteiger partial charge on any atom is 0.222 e. The average molecular weight is 374 g/mol. The van der Waals surface area contributed by atoms with Crippen molar-refractivity contribution in [1.29, 1.82) is 0 Å². The first-order valence-electron chi connectivity index (χ1n) is 10.8. The second kappa shape index (κ2) is 10.2. The molecule has 5 nitrogen and oxygen atoms in total. The molecule has 1 saturated heterocycles. The topological polar surface area (TPSA) is 55.3 Å². The Morgan fingerprint density at radius 3 is 2.63 bits per heavy atom. The normalized spacial score (nSPS) is 19.4. The summed E-state index contributed by atoms with van der Waals surface area (Å²) >= 11 is 0. The summed E-state index contributed by atoms with van der Waals surface area (Å²) in [5.74, 6) is 2.36. The van der Waals surface area contributed by atoms with E-state index in [1.54, 1.807) is 0 Å². The summed E-state index contributed by atoms with van der Waals surface area (Å²) in [5.41, 5.74) is 2.23. The average Bonchev–Trinajstić information content (AvgIpc) is 2.72. The molecule has 1 aliphatic carbocycles. The molecule has 1 aliphatic heterocycles. The standard InChI is InChI=1S/C22H35N3O2/c1-3-27-16-20-15-23-17(2)24-22(20)19-11-13-25(14-12-19)21(26)10-9-18-7-5-4-6-8-18/h15,18-19H,3-14,16H2,1-2H3. The highest BCUT2D eigenvalue weighted by Crippen LogP contribution is 2.31. The van der Waals surface area contributed by atoms with Crippen LogP contribution in [0.1, 0.15) is 87.7 Å². The Balaban J connectivity index is 1.51. The molecule has 3 rings (SSSR count). The van der Waals surface area contributed by atoms with Crippen molar-refractivity contribution >= 4 is 5.91 Å². The lowest BCUT2D eigenvalue weighted by Gasteiger charge is -2.33. The first-order valence-corrected chi connectivity index (χ1v) is 10.8. The summed E-state index contributed by atoms with van der Waals surface area (Å²) in [6, 6.07) is 0. The van der Waals surface area contributed by atoms with Crippen LogP contribution in [0.2, 0.25) is 0 Å². The molecule has 27 heavy (non-hydrogen) atoms. The van der Waals surface area contributed by atoms with E-state index in [1.807, 2.05) is 20.0 Å². The van der Waals surface area contributed by atoms with E-state index in [0.29, 0.717) is 25.0 Å². The summed E-state index contributed by atoms with van der Waals surface area (Å²) in [6.45, 7) is 6.93. The maximum atomic E-state index is 12.6. The molecule has 2 fully saturated rings. The minimum atomic E-state index is 0.354. The second-order valence-corrected chi connectivity index (χ2v) is 8.16. The Morgan fingerprint density at radius 2 is 1.93 bits per heavy atom. The third-order valence-corrected chi connectivity index (χ3v) is 6.21. The highest BCUT2D eigenvalue weighted by molar-refractivity contribution is 5.76. The summed E-state index contributed by atoms with van der Waals surface area (Å²) in [4.78, 5) is 23.8. The fourth-order valence-electron chi connectivity index (χ4n) is 4.55. The van der Waals surface area contributed by atoms with Gasteiger partial charge >= 0.3 is 0 Å². The molecular formula is C22H35N3O2. The Morgan fingerprint density at radius 1 is 1.19 bits per heavy atom. The van der Waals surface area contributed by atoms with Crippen molar-refractivity contribution in [1.82, 2.24) is 14.9 Å². The van der Waals surface area contributed by atoms with Gasteiger partial charge in [0.05, 0.1) is 12.3 Å². The van der Waals surface area contributed by atoms with Crippen LogP contribution in [0.3, 0.4) is 0 Å². The van der Waals surface area contributed by atoms with Crippen LogP contribution in [-0.2, 0) is 16.1 Å². The lowest BCUT2D eigenvalue weighted by atomic mass is 9.86. The summed E-state index contributed by atoms with van der Waals surface area (Å²) in [5, 5.41) is 0. The maximum absolute atomic E-state index is 12.6. The molecule has 2 aliphatic rings. The lowest BCUT2D eigenvalue weighted by Crippen LogP contribution is -2.38. The number of aryl methyl sites for hydroxylation is 1. The van der Waals surface area contributed by atoms with Crippen molar-refractivity contribution in [2.75, 3.05) is 19.7 Å². The van der Waals surface area contributed by atoms with Gasteiger partial charge in [0.2, 0.25) is 5.91 Å². The molecule has 0 N–H and O–H groups in total. The number of likely N-dealkylation sites (tertiary alicyclic amines) is 1. The van der Waals surface area contributed by atoms with Crippen LogP contribution in [-0.4, -0.2) is 40.5 Å². The summed E-state index contributed by atoms with van der Waals surface area (Å²) < 4.78 is 5.60. The van der Waals surface area contributed by atoms with Gasteiger partial charge in [-0.15, -0.1) is 0 Å². The smallest absolute Gasteiger partial charge is 0.222 e. The van der Waals surface area contributed by atoms with Crippen LogP contribution in [0.4, 0.5) is 0 Å². The number of hydrogen-bond donors (Lipinski definition) is 0. The molecule has 0 radical (unpaired) electrons. The molecule has 0 aromatic carbocycles. The van der Waals surface area contributed by atoms with Crippen LogP contribution >= 0.6 is 0 Å². The molecular weight excluding hydrogens is 338 g/mol. The number of hydrogen-bond acceptors (Lipinski definition) is 4. The van der Waals surface area contributed by atoms with Gasteiger partial charge in [-0.2, -0.15) is 0 Å². The van der Waals surface area contributed by atoms with E-state index in [2.05, 4.69) is 9.88 Å². The van der Waals surface area contributed by atoms with Gasteiger partial charge in [0.25, 0.3) is 0 Å². The van der Waals surface area contributed by atoms with Gasteiger partial charge in [-0.05, 0) is 39.0 Å². The van der Waals surface area contributed by atoms with Crippen LogP contribution in [0.5, 0.6) is 0 Å². The Kier molecular flexibility index (Phi) is 7.62. The van der Waals surface area contributed by atoms with Crippen molar-refractivity contribution in [2.45, 2.75) is 84.2 Å². The van der Waals surface area contributed by atoms with E-state index in [9.17, 15) is 4.79 Å².